The fourth-order valence-electron chi connectivity index (χ4n) is 2.29. The van der Waals surface area contributed by atoms with E-state index in [0.29, 0.717) is 11.0 Å². The molecule has 6 heteroatoms. The Bertz CT molecular complexity index is 511. The van der Waals surface area contributed by atoms with E-state index < -0.39 is 0 Å². The van der Waals surface area contributed by atoms with Gasteiger partial charge in [-0.2, -0.15) is 0 Å². The van der Waals surface area contributed by atoms with Gasteiger partial charge in [0.25, 0.3) is 0 Å². The summed E-state index contributed by atoms with van der Waals surface area (Å²) < 4.78 is 12.9. The van der Waals surface area contributed by atoms with Gasteiger partial charge in [0, 0.05) is 31.9 Å². The van der Waals surface area contributed by atoms with Gasteiger partial charge in [0.05, 0.1) is 17.4 Å². The fourth-order valence-corrected chi connectivity index (χ4v) is 2.38. The Balaban J connectivity index is 1.64. The van der Waals surface area contributed by atoms with Gasteiger partial charge in [-0.05, 0) is 24.3 Å². The smallest absolute Gasteiger partial charge is 0.225 e. The average molecular weight is 293 g/mol. The van der Waals surface area contributed by atoms with E-state index in [1.54, 1.807) is 12.4 Å². The lowest BCUT2D eigenvalue weighted by Gasteiger charge is -2.36. The SMILES string of the molecule is Fc1ccc(N2CCN(c3ncc(Cl)cn3)CC2)cc1. The topological polar surface area (TPSA) is 32.3 Å². The van der Waals surface area contributed by atoms with Crippen LogP contribution in [0.1, 0.15) is 0 Å². The Morgan fingerprint density at radius 2 is 1.45 bits per heavy atom. The Hall–Kier alpha value is -1.88. The zero-order valence-electron chi connectivity index (χ0n) is 10.8. The number of benzene rings is 1. The van der Waals surface area contributed by atoms with Crippen molar-refractivity contribution in [3.63, 3.8) is 0 Å². The highest BCUT2D eigenvalue weighted by atomic mass is 35.5. The number of rotatable bonds is 2. The Morgan fingerprint density at radius 1 is 0.900 bits per heavy atom. The number of aromatic nitrogens is 2. The molecule has 0 spiro atoms. The summed E-state index contributed by atoms with van der Waals surface area (Å²) in [6.07, 6.45) is 3.21. The molecule has 0 saturated carbocycles. The molecule has 0 atom stereocenters. The van der Waals surface area contributed by atoms with Crippen molar-refractivity contribution >= 4 is 23.2 Å². The lowest BCUT2D eigenvalue weighted by Crippen LogP contribution is -2.47. The van der Waals surface area contributed by atoms with Crippen molar-refractivity contribution in [2.45, 2.75) is 0 Å². The summed E-state index contributed by atoms with van der Waals surface area (Å²) in [7, 11) is 0. The van der Waals surface area contributed by atoms with Crippen LogP contribution >= 0.6 is 11.6 Å². The van der Waals surface area contributed by atoms with E-state index in [1.807, 2.05) is 12.1 Å². The molecule has 1 fully saturated rings. The van der Waals surface area contributed by atoms with E-state index in [9.17, 15) is 4.39 Å². The van der Waals surface area contributed by atoms with E-state index >= 15 is 0 Å². The fraction of sp³-hybridized carbons (Fsp3) is 0.286. The molecule has 2 aromatic rings. The Kier molecular flexibility index (Phi) is 3.69. The first-order valence-electron chi connectivity index (χ1n) is 6.45. The first kappa shape index (κ1) is 13.1. The van der Waals surface area contributed by atoms with Crippen molar-refractivity contribution in [1.29, 1.82) is 0 Å². The molecule has 4 nitrogen and oxygen atoms in total. The maximum atomic E-state index is 12.9. The standard InChI is InChI=1S/C14H14ClFN4/c15-11-9-17-14(18-10-11)20-7-5-19(6-8-20)13-3-1-12(16)2-4-13/h1-4,9-10H,5-8H2. The number of nitrogens with zero attached hydrogens (tertiary/aromatic N) is 4. The van der Waals surface area contributed by atoms with Gasteiger partial charge in [-0.1, -0.05) is 11.6 Å². The van der Waals surface area contributed by atoms with Crippen LogP contribution < -0.4 is 9.80 Å². The van der Waals surface area contributed by atoms with Crippen LogP contribution in [0.4, 0.5) is 16.0 Å². The first-order chi connectivity index (χ1) is 9.72. The van der Waals surface area contributed by atoms with Crippen LogP contribution in [0.2, 0.25) is 5.02 Å². The summed E-state index contributed by atoms with van der Waals surface area (Å²) >= 11 is 5.78. The highest BCUT2D eigenvalue weighted by Crippen LogP contribution is 2.19. The third-order valence-corrected chi connectivity index (χ3v) is 3.56. The van der Waals surface area contributed by atoms with E-state index in [1.165, 1.54) is 12.1 Å². The molecule has 20 heavy (non-hydrogen) atoms. The quantitative estimate of drug-likeness (QED) is 0.852. The van der Waals surface area contributed by atoms with Gasteiger partial charge < -0.3 is 9.80 Å². The minimum absolute atomic E-state index is 0.207. The van der Waals surface area contributed by atoms with E-state index in [-0.39, 0.29) is 5.82 Å². The Labute approximate surface area is 121 Å². The number of halogens is 2. The summed E-state index contributed by atoms with van der Waals surface area (Å²) in [5, 5.41) is 0.540. The lowest BCUT2D eigenvalue weighted by atomic mass is 10.2. The molecular weight excluding hydrogens is 279 g/mol. The maximum Gasteiger partial charge on any atom is 0.225 e. The second-order valence-corrected chi connectivity index (χ2v) is 5.09. The summed E-state index contributed by atoms with van der Waals surface area (Å²) in [5.41, 5.74) is 1.04. The van der Waals surface area contributed by atoms with E-state index in [2.05, 4.69) is 19.8 Å². The molecule has 2 heterocycles. The molecule has 0 unspecified atom stereocenters. The van der Waals surface area contributed by atoms with Crippen LogP contribution in [0, 0.1) is 5.82 Å². The minimum Gasteiger partial charge on any atom is -0.368 e. The molecule has 1 saturated heterocycles. The summed E-state index contributed by atoms with van der Waals surface area (Å²) in [6, 6.07) is 6.60. The maximum absolute atomic E-state index is 12.9. The van der Waals surface area contributed by atoms with Crippen LogP contribution in [0.3, 0.4) is 0 Å². The molecule has 0 aliphatic carbocycles. The Morgan fingerprint density at radius 3 is 2.05 bits per heavy atom. The number of piperazine rings is 1. The molecular formula is C14H14ClFN4. The predicted octanol–water partition coefficient (Wildman–Crippen LogP) is 2.60. The van der Waals surface area contributed by atoms with Gasteiger partial charge in [0.15, 0.2) is 0 Å². The molecule has 3 rings (SSSR count). The highest BCUT2D eigenvalue weighted by Gasteiger charge is 2.19. The zero-order chi connectivity index (χ0) is 13.9. The van der Waals surface area contributed by atoms with Crippen LogP contribution in [0.5, 0.6) is 0 Å². The van der Waals surface area contributed by atoms with Crippen molar-refractivity contribution in [3.8, 4) is 0 Å². The monoisotopic (exact) mass is 292 g/mol. The minimum atomic E-state index is -0.207. The van der Waals surface area contributed by atoms with Crippen molar-refractivity contribution < 1.29 is 4.39 Å². The predicted molar refractivity (Wildman–Crippen MR) is 77.9 cm³/mol. The normalized spacial score (nSPS) is 15.5. The average Bonchev–Trinajstić information content (AvgIpc) is 2.49. The van der Waals surface area contributed by atoms with Gasteiger partial charge >= 0.3 is 0 Å². The molecule has 1 aromatic carbocycles. The van der Waals surface area contributed by atoms with Crippen molar-refractivity contribution in [2.24, 2.45) is 0 Å². The highest BCUT2D eigenvalue weighted by molar-refractivity contribution is 6.30. The third-order valence-electron chi connectivity index (χ3n) is 3.36. The summed E-state index contributed by atoms with van der Waals surface area (Å²) in [6.45, 7) is 3.38. The van der Waals surface area contributed by atoms with Crippen molar-refractivity contribution in [2.75, 3.05) is 36.0 Å². The second-order valence-electron chi connectivity index (χ2n) is 4.65. The van der Waals surface area contributed by atoms with Gasteiger partial charge in [0.1, 0.15) is 5.82 Å². The van der Waals surface area contributed by atoms with Crippen LogP contribution in [-0.4, -0.2) is 36.1 Å². The molecule has 0 amide bonds. The van der Waals surface area contributed by atoms with Crippen LogP contribution in [-0.2, 0) is 0 Å². The van der Waals surface area contributed by atoms with Crippen LogP contribution in [0.15, 0.2) is 36.7 Å². The van der Waals surface area contributed by atoms with Gasteiger partial charge in [0.2, 0.25) is 5.95 Å². The molecule has 1 aliphatic rings. The number of hydrogen-bond acceptors (Lipinski definition) is 4. The summed E-state index contributed by atoms with van der Waals surface area (Å²) in [4.78, 5) is 12.8. The second kappa shape index (κ2) is 5.63. The van der Waals surface area contributed by atoms with Gasteiger partial charge in [-0.3, -0.25) is 0 Å². The van der Waals surface area contributed by atoms with Crippen molar-refractivity contribution in [3.05, 3.63) is 47.5 Å². The summed E-state index contributed by atoms with van der Waals surface area (Å²) in [5.74, 6) is 0.495. The van der Waals surface area contributed by atoms with Crippen molar-refractivity contribution in [1.82, 2.24) is 9.97 Å². The number of anilines is 2. The molecule has 0 radical (unpaired) electrons. The first-order valence-corrected chi connectivity index (χ1v) is 6.83. The zero-order valence-corrected chi connectivity index (χ0v) is 11.6. The van der Waals surface area contributed by atoms with Crippen LogP contribution in [0.25, 0.3) is 0 Å². The molecule has 1 aromatic heterocycles. The van der Waals surface area contributed by atoms with E-state index in [0.717, 1.165) is 31.9 Å². The third kappa shape index (κ3) is 2.82. The molecule has 1 aliphatic heterocycles. The van der Waals surface area contributed by atoms with Gasteiger partial charge in [-0.15, -0.1) is 0 Å². The lowest BCUT2D eigenvalue weighted by molar-refractivity contribution is 0.623. The number of hydrogen-bond donors (Lipinski definition) is 0. The molecule has 104 valence electrons. The molecule has 0 bridgehead atoms. The molecule has 0 N–H and O–H groups in total. The van der Waals surface area contributed by atoms with E-state index in [4.69, 9.17) is 11.6 Å². The van der Waals surface area contributed by atoms with Gasteiger partial charge in [-0.25, -0.2) is 14.4 Å². The largest absolute Gasteiger partial charge is 0.368 e.